The second kappa shape index (κ2) is 21.8. The van der Waals surface area contributed by atoms with Crippen molar-refractivity contribution in [2.24, 2.45) is 5.73 Å². The van der Waals surface area contributed by atoms with Gasteiger partial charge in [0, 0.05) is 5.70 Å². The van der Waals surface area contributed by atoms with Gasteiger partial charge in [-0.25, -0.2) is 0 Å². The highest BCUT2D eigenvalue weighted by atomic mass is 16.5. The van der Waals surface area contributed by atoms with Gasteiger partial charge in [-0.2, -0.15) is 0 Å². The molecule has 0 aliphatic rings. The lowest BCUT2D eigenvalue weighted by atomic mass is 10.0. The molecule has 0 bridgehead atoms. The molecule has 0 aromatic carbocycles. The molecule has 0 amide bonds. The van der Waals surface area contributed by atoms with Crippen LogP contribution in [-0.4, -0.2) is 16.5 Å². The number of nitrogens with two attached hydrogens (primary N) is 1. The topological polar surface area (TPSA) is 66.5 Å². The van der Waals surface area contributed by atoms with E-state index in [0.717, 1.165) is 31.4 Å². The summed E-state index contributed by atoms with van der Waals surface area (Å²) in [7, 11) is 0. The Labute approximate surface area is 169 Å². The van der Waals surface area contributed by atoms with Gasteiger partial charge in [0.1, 0.15) is 0 Å². The molecule has 0 radical (unpaired) electrons. The van der Waals surface area contributed by atoms with Crippen LogP contribution in [0.1, 0.15) is 135 Å². The fourth-order valence-corrected chi connectivity index (χ4v) is 3.56. The van der Waals surface area contributed by atoms with E-state index >= 15 is 0 Å². The molecule has 0 atom stereocenters. The molecule has 0 heterocycles. The van der Waals surface area contributed by atoms with Crippen LogP contribution in [0, 0.1) is 0 Å². The first kappa shape index (κ1) is 26.5. The normalized spacial score (nSPS) is 12.2. The summed E-state index contributed by atoms with van der Waals surface area (Å²) in [5, 5.41) is 17.5. The molecule has 0 saturated heterocycles. The summed E-state index contributed by atoms with van der Waals surface area (Å²) in [5.74, 6) is 0. The van der Waals surface area contributed by atoms with Crippen molar-refractivity contribution in [3.05, 3.63) is 11.8 Å². The standard InChI is InChI=1S/C24H49NO2/c1-2-3-4-17-20-23(25)21-18-15-13-11-9-7-5-6-8-10-12-14-16-19-22-24(26)27/h20,24,26-27H,2-19,21-22,25H2,1H3. The van der Waals surface area contributed by atoms with E-state index < -0.39 is 6.29 Å². The van der Waals surface area contributed by atoms with E-state index in [1.54, 1.807) is 0 Å². The maximum absolute atomic E-state index is 8.77. The van der Waals surface area contributed by atoms with Crippen LogP contribution in [0.15, 0.2) is 11.8 Å². The highest BCUT2D eigenvalue weighted by Gasteiger charge is 1.98. The highest BCUT2D eigenvalue weighted by Crippen LogP contribution is 2.14. The number of hydrogen-bond acceptors (Lipinski definition) is 3. The molecule has 0 unspecified atom stereocenters. The fraction of sp³-hybridized carbons (Fsp3) is 0.917. The van der Waals surface area contributed by atoms with E-state index in [-0.39, 0.29) is 0 Å². The maximum atomic E-state index is 8.77. The average Bonchev–Trinajstić information content (AvgIpc) is 2.64. The lowest BCUT2D eigenvalue weighted by Crippen LogP contribution is -2.02. The van der Waals surface area contributed by atoms with Gasteiger partial charge in [0.2, 0.25) is 0 Å². The summed E-state index contributed by atoms with van der Waals surface area (Å²) in [4.78, 5) is 0. The molecule has 0 spiro atoms. The zero-order valence-corrected chi connectivity index (χ0v) is 18.3. The third-order valence-corrected chi connectivity index (χ3v) is 5.39. The average molecular weight is 384 g/mol. The number of allylic oxidation sites excluding steroid dienone is 2. The van der Waals surface area contributed by atoms with Crippen LogP contribution in [0.4, 0.5) is 0 Å². The zero-order valence-electron chi connectivity index (χ0n) is 18.3. The van der Waals surface area contributed by atoms with Crippen LogP contribution in [0.5, 0.6) is 0 Å². The Morgan fingerprint density at radius 3 is 1.56 bits per heavy atom. The van der Waals surface area contributed by atoms with Gasteiger partial charge in [-0.1, -0.05) is 103 Å². The van der Waals surface area contributed by atoms with Crippen molar-refractivity contribution in [1.29, 1.82) is 0 Å². The number of rotatable bonds is 21. The second-order valence-electron chi connectivity index (χ2n) is 8.24. The Morgan fingerprint density at radius 2 is 1.11 bits per heavy atom. The van der Waals surface area contributed by atoms with E-state index in [4.69, 9.17) is 15.9 Å². The van der Waals surface area contributed by atoms with Gasteiger partial charge < -0.3 is 15.9 Å². The monoisotopic (exact) mass is 383 g/mol. The van der Waals surface area contributed by atoms with Gasteiger partial charge in [-0.15, -0.1) is 0 Å². The molecule has 3 heteroatoms. The van der Waals surface area contributed by atoms with Crippen molar-refractivity contribution >= 4 is 0 Å². The van der Waals surface area contributed by atoms with Crippen LogP contribution in [0.25, 0.3) is 0 Å². The van der Waals surface area contributed by atoms with Crippen LogP contribution in [0.3, 0.4) is 0 Å². The summed E-state index contributed by atoms with van der Waals surface area (Å²) in [6.45, 7) is 2.24. The first-order chi connectivity index (χ1) is 13.2. The van der Waals surface area contributed by atoms with Gasteiger partial charge >= 0.3 is 0 Å². The molecule has 0 fully saturated rings. The van der Waals surface area contributed by atoms with E-state index in [1.807, 2.05) is 0 Å². The molecule has 27 heavy (non-hydrogen) atoms. The third-order valence-electron chi connectivity index (χ3n) is 5.39. The number of aliphatic hydroxyl groups is 2. The lowest BCUT2D eigenvalue weighted by Gasteiger charge is -2.05. The largest absolute Gasteiger partial charge is 0.402 e. The minimum absolute atomic E-state index is 0.531. The fourth-order valence-electron chi connectivity index (χ4n) is 3.56. The summed E-state index contributed by atoms with van der Waals surface area (Å²) in [6, 6.07) is 0. The third kappa shape index (κ3) is 23.4. The highest BCUT2D eigenvalue weighted by molar-refractivity contribution is 4.95. The van der Waals surface area contributed by atoms with Gasteiger partial charge in [-0.05, 0) is 38.5 Å². The first-order valence-electron chi connectivity index (χ1n) is 12.0. The molecule has 0 rings (SSSR count). The Hall–Kier alpha value is -0.540. The number of unbranched alkanes of at least 4 members (excludes halogenated alkanes) is 16. The minimum atomic E-state index is -1.11. The van der Waals surface area contributed by atoms with E-state index in [2.05, 4.69) is 13.0 Å². The Bertz CT molecular complexity index is 316. The van der Waals surface area contributed by atoms with Crippen molar-refractivity contribution in [3.8, 4) is 0 Å². The molecular formula is C24H49NO2. The van der Waals surface area contributed by atoms with Crippen molar-refractivity contribution in [1.82, 2.24) is 0 Å². The van der Waals surface area contributed by atoms with Crippen molar-refractivity contribution in [2.75, 3.05) is 0 Å². The molecule has 0 aromatic rings. The Kier molecular flexibility index (Phi) is 21.3. The molecule has 162 valence electrons. The number of hydrogen-bond donors (Lipinski definition) is 3. The van der Waals surface area contributed by atoms with Crippen LogP contribution in [-0.2, 0) is 0 Å². The molecule has 0 aliphatic heterocycles. The Morgan fingerprint density at radius 1 is 0.667 bits per heavy atom. The van der Waals surface area contributed by atoms with Gasteiger partial charge in [0.05, 0.1) is 0 Å². The smallest absolute Gasteiger partial charge is 0.151 e. The SMILES string of the molecule is CCCCCC=C(N)CCCCCCCCCCCCCCCCC(O)O. The summed E-state index contributed by atoms with van der Waals surface area (Å²) in [6.07, 6.45) is 26.0. The second-order valence-corrected chi connectivity index (χ2v) is 8.24. The quantitative estimate of drug-likeness (QED) is 0.148. The van der Waals surface area contributed by atoms with E-state index in [1.165, 1.54) is 96.3 Å². The summed E-state index contributed by atoms with van der Waals surface area (Å²) < 4.78 is 0. The molecule has 3 nitrogen and oxygen atoms in total. The van der Waals surface area contributed by atoms with Crippen molar-refractivity contribution in [3.63, 3.8) is 0 Å². The first-order valence-corrected chi connectivity index (χ1v) is 12.0. The molecule has 0 aliphatic carbocycles. The van der Waals surface area contributed by atoms with Crippen LogP contribution in [0.2, 0.25) is 0 Å². The molecular weight excluding hydrogens is 334 g/mol. The summed E-state index contributed by atoms with van der Waals surface area (Å²) >= 11 is 0. The maximum Gasteiger partial charge on any atom is 0.151 e. The van der Waals surface area contributed by atoms with Gasteiger partial charge in [0.25, 0.3) is 0 Å². The molecule has 0 aromatic heterocycles. The molecule has 4 N–H and O–H groups in total. The lowest BCUT2D eigenvalue weighted by molar-refractivity contribution is -0.0466. The van der Waals surface area contributed by atoms with Gasteiger partial charge in [0.15, 0.2) is 6.29 Å². The van der Waals surface area contributed by atoms with E-state index in [9.17, 15) is 0 Å². The Balaban J connectivity index is 3.14. The molecule has 0 saturated carbocycles. The van der Waals surface area contributed by atoms with Crippen molar-refractivity contribution < 1.29 is 10.2 Å². The van der Waals surface area contributed by atoms with Crippen LogP contribution >= 0.6 is 0 Å². The predicted octanol–water partition coefficient (Wildman–Crippen LogP) is 6.96. The van der Waals surface area contributed by atoms with Crippen LogP contribution < -0.4 is 5.73 Å². The number of aliphatic hydroxyl groups excluding tert-OH is 1. The predicted molar refractivity (Wildman–Crippen MR) is 119 cm³/mol. The van der Waals surface area contributed by atoms with E-state index in [0.29, 0.717) is 6.42 Å². The van der Waals surface area contributed by atoms with Gasteiger partial charge in [-0.3, -0.25) is 0 Å². The summed E-state index contributed by atoms with van der Waals surface area (Å²) in [5.41, 5.74) is 7.17. The zero-order chi connectivity index (χ0) is 20.0. The minimum Gasteiger partial charge on any atom is -0.402 e. The van der Waals surface area contributed by atoms with Crippen molar-refractivity contribution in [2.45, 2.75) is 142 Å².